The maximum atomic E-state index is 12.1. The molecule has 27 heavy (non-hydrogen) atoms. The molecule has 0 aliphatic carbocycles. The first-order chi connectivity index (χ1) is 12.6. The Morgan fingerprint density at radius 3 is 2.41 bits per heavy atom. The summed E-state index contributed by atoms with van der Waals surface area (Å²) in [7, 11) is 1.33. The molecule has 10 nitrogen and oxygen atoms in total. The third-order valence-electron chi connectivity index (χ3n) is 2.67. The Morgan fingerprint density at radius 2 is 1.85 bits per heavy atom. The van der Waals surface area contributed by atoms with Gasteiger partial charge in [-0.1, -0.05) is 0 Å². The summed E-state index contributed by atoms with van der Waals surface area (Å²) in [4.78, 5) is 0.157. The van der Waals surface area contributed by atoms with Gasteiger partial charge in [0.25, 0.3) is 0 Å². The average Bonchev–Trinajstić information content (AvgIpc) is 2.59. The highest BCUT2D eigenvalue weighted by atomic mass is 32.3. The number of anilines is 1. The minimum atomic E-state index is -3.56. The number of hydrazone groups is 2. The molecule has 1 aromatic carbocycles. The van der Waals surface area contributed by atoms with Crippen LogP contribution in [0.1, 0.15) is 6.92 Å². The fourth-order valence-corrected chi connectivity index (χ4v) is 2.80. The van der Waals surface area contributed by atoms with Crippen LogP contribution in [-0.2, 0) is 19.0 Å². The number of hydrogen-bond acceptors (Lipinski definition) is 6. The molecule has 1 unspecified atom stereocenters. The Hall–Kier alpha value is -2.03. The average molecular weight is 434 g/mol. The van der Waals surface area contributed by atoms with Crippen molar-refractivity contribution in [3.63, 3.8) is 0 Å². The second-order valence-electron chi connectivity index (χ2n) is 5.26. The largest absolute Gasteiger partial charge is 0.444 e. The van der Waals surface area contributed by atoms with Crippen molar-refractivity contribution < 1.29 is 18.1 Å². The zero-order valence-electron chi connectivity index (χ0n) is 15.3. The van der Waals surface area contributed by atoms with E-state index in [1.165, 1.54) is 18.3 Å². The fraction of sp³-hybridized carbons (Fsp3) is 0.286. The summed E-state index contributed by atoms with van der Waals surface area (Å²) >= 11 is 10.0. The van der Waals surface area contributed by atoms with Crippen LogP contribution < -0.4 is 26.5 Å². The summed E-state index contributed by atoms with van der Waals surface area (Å²) in [5.74, 6) is 0. The van der Waals surface area contributed by atoms with Crippen LogP contribution in [0.25, 0.3) is 0 Å². The van der Waals surface area contributed by atoms with Crippen molar-refractivity contribution in [3.8, 4) is 0 Å². The quantitative estimate of drug-likeness (QED) is 0.149. The van der Waals surface area contributed by atoms with Gasteiger partial charge in [-0.15, -0.1) is 9.62 Å². The van der Waals surface area contributed by atoms with Crippen molar-refractivity contribution in [2.45, 2.75) is 11.8 Å². The van der Waals surface area contributed by atoms with E-state index in [9.17, 15) is 8.76 Å². The van der Waals surface area contributed by atoms with Gasteiger partial charge in [0, 0.05) is 24.9 Å². The molecule has 0 bridgehead atoms. The summed E-state index contributed by atoms with van der Waals surface area (Å²) in [5.41, 5.74) is 6.45. The van der Waals surface area contributed by atoms with Crippen molar-refractivity contribution in [2.75, 3.05) is 26.5 Å². The molecule has 0 aromatic heterocycles. The van der Waals surface area contributed by atoms with Gasteiger partial charge in [-0.25, -0.2) is 0 Å². The van der Waals surface area contributed by atoms with Gasteiger partial charge in [-0.2, -0.15) is 10.2 Å². The summed E-state index contributed by atoms with van der Waals surface area (Å²) in [6, 6.07) is 6.17. The predicted octanol–water partition coefficient (Wildman–Crippen LogP) is -0.249. The molecule has 13 heteroatoms. The molecular formula is C14H23N7O3S3+2. The Balaban J connectivity index is 2.57. The molecule has 1 aromatic rings. The smallest absolute Gasteiger partial charge is 0.364 e. The molecule has 0 saturated carbocycles. The second-order valence-corrected chi connectivity index (χ2v) is 7.66. The van der Waals surface area contributed by atoms with Gasteiger partial charge in [0.2, 0.25) is 4.90 Å². The van der Waals surface area contributed by atoms with Crippen LogP contribution >= 0.6 is 24.4 Å². The van der Waals surface area contributed by atoms with Crippen molar-refractivity contribution in [3.05, 3.63) is 24.3 Å². The molecule has 0 heterocycles. The van der Waals surface area contributed by atoms with E-state index in [2.05, 4.69) is 31.7 Å². The van der Waals surface area contributed by atoms with Gasteiger partial charge in [0.05, 0.1) is 16.2 Å². The highest BCUT2D eigenvalue weighted by molar-refractivity contribution is 7.93. The summed E-state index contributed by atoms with van der Waals surface area (Å²) < 4.78 is 26.9. The molecule has 1 rings (SSSR count). The molecule has 0 amide bonds. The van der Waals surface area contributed by atoms with Gasteiger partial charge in [-0.3, -0.25) is 10.9 Å². The maximum absolute atomic E-state index is 12.1. The van der Waals surface area contributed by atoms with Crippen LogP contribution in [0.5, 0.6) is 0 Å². The molecule has 0 saturated heterocycles. The van der Waals surface area contributed by atoms with Crippen LogP contribution in [-0.4, -0.2) is 47.8 Å². The lowest BCUT2D eigenvalue weighted by molar-refractivity contribution is -1.03. The van der Waals surface area contributed by atoms with Crippen molar-refractivity contribution in [1.82, 2.24) is 16.2 Å². The third kappa shape index (κ3) is 8.94. The van der Waals surface area contributed by atoms with Gasteiger partial charge in [-0.05, 0) is 47.7 Å². The maximum Gasteiger partial charge on any atom is 0.444 e. The van der Waals surface area contributed by atoms with Crippen molar-refractivity contribution in [2.24, 2.45) is 10.2 Å². The number of hydroxylamine groups is 2. The summed E-state index contributed by atoms with van der Waals surface area (Å²) in [6.45, 7) is 1.73. The molecule has 0 aliphatic rings. The number of nitrogens with zero attached hydrogens (tertiary/aromatic N) is 2. The summed E-state index contributed by atoms with van der Waals surface area (Å²) in [5, 5.41) is 14.6. The molecular weight excluding hydrogens is 410 g/mol. The van der Waals surface area contributed by atoms with E-state index in [4.69, 9.17) is 28.7 Å². The molecule has 0 spiro atoms. The van der Waals surface area contributed by atoms with Gasteiger partial charge in [0.1, 0.15) is 14.1 Å². The van der Waals surface area contributed by atoms with E-state index >= 15 is 0 Å². The lowest BCUT2D eigenvalue weighted by Gasteiger charge is -2.08. The first-order valence-electron chi connectivity index (χ1n) is 7.62. The zero-order valence-corrected chi connectivity index (χ0v) is 17.7. The van der Waals surface area contributed by atoms with Gasteiger partial charge >= 0.3 is 10.5 Å². The van der Waals surface area contributed by atoms with E-state index in [1.807, 2.05) is 0 Å². The molecule has 148 valence electrons. The monoisotopic (exact) mass is 433 g/mol. The Kier molecular flexibility index (Phi) is 9.34. The van der Waals surface area contributed by atoms with Gasteiger partial charge < -0.3 is 10.6 Å². The van der Waals surface area contributed by atoms with Crippen molar-refractivity contribution in [1.29, 1.82) is 0 Å². The SMILES string of the molecule is CNC(=S)N/N=C(C)\C=N/NC(=S)Nc1ccc([S+](=O)(O)O[NH+](C)C)cc1. The number of hydrogen-bond donors (Lipinski definition) is 6. The lowest BCUT2D eigenvalue weighted by Crippen LogP contribution is -3.05. The van der Waals surface area contributed by atoms with Crippen LogP contribution in [0.4, 0.5) is 5.69 Å². The van der Waals surface area contributed by atoms with E-state index < -0.39 is 10.5 Å². The number of benzene rings is 1. The van der Waals surface area contributed by atoms with Crippen LogP contribution in [0.3, 0.4) is 0 Å². The van der Waals surface area contributed by atoms with E-state index in [-0.39, 0.29) is 10.0 Å². The number of rotatable bonds is 7. The van der Waals surface area contributed by atoms with Gasteiger partial charge in [0.15, 0.2) is 10.2 Å². The molecule has 1 atom stereocenters. The molecule has 0 aliphatic heterocycles. The van der Waals surface area contributed by atoms with E-state index in [0.29, 0.717) is 21.6 Å². The standard InChI is InChI=1S/C14H21N7O3S3/c1-10(18-20-13(25)15-2)9-16-19-14(26)17-11-5-7-12(8-6-11)27(22,23)24-21(3)4/h5-9H,1-4H3,(H4-,15,16,17,18,19,20,22,23,25,26)/p+2. The normalized spacial score (nSPS) is 13.9. The predicted molar refractivity (Wildman–Crippen MR) is 115 cm³/mol. The first kappa shape index (κ1) is 23.0. The lowest BCUT2D eigenvalue weighted by atomic mass is 10.3. The summed E-state index contributed by atoms with van der Waals surface area (Å²) in [6.07, 6.45) is 1.46. The molecule has 6 N–H and O–H groups in total. The Bertz CT molecular complexity index is 766. The minimum Gasteiger partial charge on any atom is -0.364 e. The van der Waals surface area contributed by atoms with Crippen LogP contribution in [0.2, 0.25) is 0 Å². The van der Waals surface area contributed by atoms with Crippen LogP contribution in [0, 0.1) is 0 Å². The highest BCUT2D eigenvalue weighted by Crippen LogP contribution is 2.18. The fourth-order valence-electron chi connectivity index (χ4n) is 1.55. The molecule has 0 radical (unpaired) electrons. The second kappa shape index (κ2) is 11.0. The number of nitrogens with one attached hydrogen (secondary N) is 5. The Morgan fingerprint density at radius 1 is 1.22 bits per heavy atom. The van der Waals surface area contributed by atoms with E-state index in [0.717, 1.165) is 0 Å². The topological polar surface area (TPSA) is 124 Å². The highest BCUT2D eigenvalue weighted by Gasteiger charge is 2.36. The molecule has 0 fully saturated rings. The Labute approximate surface area is 169 Å². The zero-order chi connectivity index (χ0) is 20.4. The first-order valence-corrected chi connectivity index (χ1v) is 9.88. The van der Waals surface area contributed by atoms with E-state index in [1.54, 1.807) is 40.2 Å². The number of thiocarbonyl (C=S) groups is 2. The minimum absolute atomic E-state index is 0.157. The van der Waals surface area contributed by atoms with Crippen molar-refractivity contribution >= 4 is 62.8 Å². The number of quaternary nitrogens is 1. The van der Waals surface area contributed by atoms with Crippen LogP contribution in [0.15, 0.2) is 39.4 Å². The third-order valence-corrected chi connectivity index (χ3v) is 4.58.